The van der Waals surface area contributed by atoms with Gasteiger partial charge in [-0.25, -0.2) is 4.79 Å². The van der Waals surface area contributed by atoms with Crippen LogP contribution in [0.4, 0.5) is 0 Å². The molecule has 1 aliphatic rings. The summed E-state index contributed by atoms with van der Waals surface area (Å²) in [5.41, 5.74) is 1.28. The van der Waals surface area contributed by atoms with Crippen molar-refractivity contribution < 1.29 is 14.6 Å². The number of nitrogens with zero attached hydrogens (tertiary/aromatic N) is 1. The van der Waals surface area contributed by atoms with Crippen LogP contribution in [0, 0.1) is 0 Å². The van der Waals surface area contributed by atoms with Gasteiger partial charge >= 0.3 is 5.97 Å². The summed E-state index contributed by atoms with van der Waals surface area (Å²) >= 11 is 0. The summed E-state index contributed by atoms with van der Waals surface area (Å²) in [5, 5.41) is 13.6. The lowest BCUT2D eigenvalue weighted by molar-refractivity contribution is -0.178. The number of hydrogen-bond acceptors (Lipinski definition) is 4. The molecule has 2 N–H and O–H groups in total. The molecule has 132 valence electrons. The van der Waals surface area contributed by atoms with Gasteiger partial charge in [0.2, 0.25) is 5.60 Å². The number of nitrogens with one attached hydrogen (secondary N) is 1. The third kappa shape index (κ3) is 3.43. The van der Waals surface area contributed by atoms with E-state index in [1.165, 1.54) is 11.1 Å². The molecule has 5 nitrogen and oxygen atoms in total. The van der Waals surface area contributed by atoms with Crippen molar-refractivity contribution in [3.05, 3.63) is 65.0 Å². The molecular formula is C20H24N2O3. The maximum atomic E-state index is 12.5. The maximum absolute atomic E-state index is 12.5. The summed E-state index contributed by atoms with van der Waals surface area (Å²) in [4.78, 5) is 16.6. The van der Waals surface area contributed by atoms with Gasteiger partial charge in [-0.1, -0.05) is 24.3 Å². The van der Waals surface area contributed by atoms with Crippen LogP contribution < -0.4 is 5.32 Å². The summed E-state index contributed by atoms with van der Waals surface area (Å²) in [6.45, 7) is 7.29. The highest BCUT2D eigenvalue weighted by atomic mass is 16.5. The molecule has 0 amide bonds. The summed E-state index contributed by atoms with van der Waals surface area (Å²) in [6.07, 6.45) is 4.08. The molecule has 0 spiro atoms. The Morgan fingerprint density at radius 1 is 1.20 bits per heavy atom. The van der Waals surface area contributed by atoms with E-state index in [9.17, 15) is 9.90 Å². The third-order valence-electron chi connectivity index (χ3n) is 4.33. The van der Waals surface area contributed by atoms with Gasteiger partial charge in [-0.2, -0.15) is 0 Å². The highest BCUT2D eigenvalue weighted by molar-refractivity contribution is 5.84. The Hall–Kier alpha value is -2.24. The largest absolute Gasteiger partial charge is 0.479 e. The predicted molar refractivity (Wildman–Crippen MR) is 95.3 cm³/mol. The Morgan fingerprint density at radius 3 is 2.64 bits per heavy atom. The summed E-state index contributed by atoms with van der Waals surface area (Å²) in [7, 11) is 0. The molecule has 1 aromatic heterocycles. The zero-order chi connectivity index (χ0) is 18.1. The van der Waals surface area contributed by atoms with Crippen LogP contribution in [0.25, 0.3) is 0 Å². The van der Waals surface area contributed by atoms with Gasteiger partial charge in [0, 0.05) is 24.5 Å². The zero-order valence-corrected chi connectivity index (χ0v) is 14.9. The van der Waals surface area contributed by atoms with Crippen LogP contribution in [0.2, 0.25) is 0 Å². The van der Waals surface area contributed by atoms with Crippen molar-refractivity contribution in [2.45, 2.75) is 44.9 Å². The number of fused-ring (bicyclic) bond motifs is 1. The number of aromatic nitrogens is 1. The Labute approximate surface area is 148 Å². The average molecular weight is 340 g/mol. The molecule has 0 aliphatic carbocycles. The number of hydrogen-bond donors (Lipinski definition) is 2. The fourth-order valence-corrected chi connectivity index (χ4v) is 3.30. The minimum absolute atomic E-state index is 0.520. The van der Waals surface area contributed by atoms with Crippen molar-refractivity contribution in [2.24, 2.45) is 0 Å². The van der Waals surface area contributed by atoms with E-state index in [4.69, 9.17) is 4.74 Å². The van der Waals surface area contributed by atoms with Crippen molar-refractivity contribution in [3.8, 4) is 0 Å². The van der Waals surface area contributed by atoms with Gasteiger partial charge in [-0.15, -0.1) is 0 Å². The molecule has 3 rings (SSSR count). The molecule has 1 unspecified atom stereocenters. The maximum Gasteiger partial charge on any atom is 0.345 e. The first-order valence-corrected chi connectivity index (χ1v) is 8.50. The summed E-state index contributed by atoms with van der Waals surface area (Å²) < 4.78 is 6.19. The van der Waals surface area contributed by atoms with Gasteiger partial charge in [-0.05, 0) is 56.5 Å². The van der Waals surface area contributed by atoms with Crippen LogP contribution >= 0.6 is 0 Å². The van der Waals surface area contributed by atoms with Crippen molar-refractivity contribution in [2.75, 3.05) is 6.54 Å². The van der Waals surface area contributed by atoms with E-state index >= 15 is 0 Å². The second-order valence-electron chi connectivity index (χ2n) is 7.35. The van der Waals surface area contributed by atoms with Crippen molar-refractivity contribution in [1.82, 2.24) is 10.3 Å². The van der Waals surface area contributed by atoms with Crippen LogP contribution in [-0.4, -0.2) is 28.2 Å². The van der Waals surface area contributed by atoms with Crippen LogP contribution in [-0.2, 0) is 28.1 Å². The van der Waals surface area contributed by atoms with E-state index in [0.29, 0.717) is 11.1 Å². The molecule has 0 bridgehead atoms. The Morgan fingerprint density at radius 2 is 2.00 bits per heavy atom. The molecule has 0 radical (unpaired) electrons. The summed E-state index contributed by atoms with van der Waals surface area (Å²) in [5.74, 6) is -1.04. The van der Waals surface area contributed by atoms with E-state index in [1.807, 2.05) is 39.0 Å². The lowest BCUT2D eigenvalue weighted by atomic mass is 9.83. The number of carboxylic acids is 1. The van der Waals surface area contributed by atoms with Crippen LogP contribution in [0.3, 0.4) is 0 Å². The molecule has 0 fully saturated rings. The highest BCUT2D eigenvalue weighted by Crippen LogP contribution is 2.38. The van der Waals surface area contributed by atoms with Crippen molar-refractivity contribution in [3.63, 3.8) is 0 Å². The van der Waals surface area contributed by atoms with Gasteiger partial charge in [0.05, 0.1) is 5.60 Å². The first-order chi connectivity index (χ1) is 11.8. The van der Waals surface area contributed by atoms with Gasteiger partial charge in [0.15, 0.2) is 0 Å². The van der Waals surface area contributed by atoms with Gasteiger partial charge in [-0.3, -0.25) is 4.98 Å². The van der Waals surface area contributed by atoms with E-state index in [-0.39, 0.29) is 0 Å². The average Bonchev–Trinajstić information content (AvgIpc) is 2.59. The van der Waals surface area contributed by atoms with E-state index < -0.39 is 17.2 Å². The fraction of sp³-hybridized carbons (Fsp3) is 0.400. The van der Waals surface area contributed by atoms with Crippen LogP contribution in [0.5, 0.6) is 0 Å². The molecule has 1 aliphatic heterocycles. The highest BCUT2D eigenvalue weighted by Gasteiger charge is 2.47. The normalized spacial score (nSPS) is 16.8. The zero-order valence-electron chi connectivity index (χ0n) is 14.9. The van der Waals surface area contributed by atoms with E-state index in [1.54, 1.807) is 24.5 Å². The topological polar surface area (TPSA) is 71.5 Å². The van der Waals surface area contributed by atoms with Crippen LogP contribution in [0.15, 0.2) is 42.7 Å². The monoisotopic (exact) mass is 340 g/mol. The van der Waals surface area contributed by atoms with Gasteiger partial charge < -0.3 is 15.2 Å². The number of rotatable bonds is 4. The lowest BCUT2D eigenvalue weighted by Gasteiger charge is -2.37. The number of pyridine rings is 1. The Bertz CT molecular complexity index is 768. The van der Waals surface area contributed by atoms with Crippen molar-refractivity contribution >= 4 is 5.97 Å². The Kier molecular flexibility index (Phi) is 4.62. The number of aliphatic carboxylic acids is 1. The standard InChI is InChI=1S/C20H24N2O3/c1-19(2,3)25-20(18(23)24,17-5-4-9-21-13-17)16-7-6-15-12-22-10-8-14(15)11-16/h4-7,9,11,13,22H,8,10,12H2,1-3H3,(H,23,24). The number of benzene rings is 1. The molecule has 1 aromatic carbocycles. The first kappa shape index (κ1) is 17.6. The second kappa shape index (κ2) is 6.58. The van der Waals surface area contributed by atoms with Crippen molar-refractivity contribution in [1.29, 1.82) is 0 Å². The number of carbonyl (C=O) groups is 1. The molecule has 5 heteroatoms. The smallest absolute Gasteiger partial charge is 0.345 e. The van der Waals surface area contributed by atoms with E-state index in [2.05, 4.69) is 10.3 Å². The van der Waals surface area contributed by atoms with Gasteiger partial charge in [0.25, 0.3) is 0 Å². The third-order valence-corrected chi connectivity index (χ3v) is 4.33. The molecule has 0 saturated heterocycles. The second-order valence-corrected chi connectivity index (χ2v) is 7.35. The van der Waals surface area contributed by atoms with Crippen LogP contribution in [0.1, 0.15) is 43.0 Å². The van der Waals surface area contributed by atoms with E-state index in [0.717, 1.165) is 19.5 Å². The molecule has 0 saturated carbocycles. The minimum Gasteiger partial charge on any atom is -0.479 e. The quantitative estimate of drug-likeness (QED) is 0.895. The SMILES string of the molecule is CC(C)(C)OC(C(=O)O)(c1cccnc1)c1ccc2c(c1)CCNC2. The molecule has 2 aromatic rings. The molecular weight excluding hydrogens is 316 g/mol. The minimum atomic E-state index is -1.59. The molecule has 2 heterocycles. The first-order valence-electron chi connectivity index (χ1n) is 8.50. The van der Waals surface area contributed by atoms with Gasteiger partial charge in [0.1, 0.15) is 0 Å². The lowest BCUT2D eigenvalue weighted by Crippen LogP contribution is -2.45. The number of carboxylic acid groups (broad SMARTS) is 1. The Balaban J connectivity index is 2.21. The predicted octanol–water partition coefficient (Wildman–Crippen LogP) is 2.87. The fourth-order valence-electron chi connectivity index (χ4n) is 3.30. The summed E-state index contributed by atoms with van der Waals surface area (Å²) in [6, 6.07) is 9.33. The molecule has 1 atom stereocenters. The number of ether oxygens (including phenoxy) is 1. The molecule has 25 heavy (non-hydrogen) atoms.